The molecule has 1 heterocycles. The van der Waals surface area contributed by atoms with E-state index in [9.17, 15) is 9.59 Å². The number of rotatable bonds is 6. The van der Waals surface area contributed by atoms with E-state index in [1.165, 1.54) is 6.08 Å². The fourth-order valence-corrected chi connectivity index (χ4v) is 2.87. The number of carbonyl (C=O) groups excluding carboxylic acids is 2. The van der Waals surface area contributed by atoms with Gasteiger partial charge in [0.05, 0.1) is 12.2 Å². The molecule has 0 aliphatic carbocycles. The second kappa shape index (κ2) is 9.87. The van der Waals surface area contributed by atoms with Crippen molar-refractivity contribution in [3.63, 3.8) is 0 Å². The molecule has 3 rings (SSSR count). The smallest absolute Gasteiger partial charge is 0.251 e. The van der Waals surface area contributed by atoms with Crippen molar-refractivity contribution < 1.29 is 9.59 Å². The van der Waals surface area contributed by atoms with Gasteiger partial charge >= 0.3 is 0 Å². The van der Waals surface area contributed by atoms with E-state index in [0.717, 1.165) is 5.69 Å². The highest BCUT2D eigenvalue weighted by atomic mass is 35.5. The molecular formula is C22H17Cl2N3O2. The summed E-state index contributed by atoms with van der Waals surface area (Å²) in [7, 11) is 0. The minimum atomic E-state index is -0.355. The monoisotopic (exact) mass is 425 g/mol. The van der Waals surface area contributed by atoms with Crippen molar-refractivity contribution in [3.05, 3.63) is 99.8 Å². The lowest BCUT2D eigenvalue weighted by Gasteiger charge is -2.07. The van der Waals surface area contributed by atoms with Gasteiger partial charge in [0.1, 0.15) is 0 Å². The molecule has 3 aromatic rings. The van der Waals surface area contributed by atoms with Crippen LogP contribution in [-0.2, 0) is 11.3 Å². The highest BCUT2D eigenvalue weighted by molar-refractivity contribution is 6.34. The summed E-state index contributed by atoms with van der Waals surface area (Å²) in [4.78, 5) is 28.7. The summed E-state index contributed by atoms with van der Waals surface area (Å²) in [6.45, 7) is 0.319. The number of benzene rings is 2. The molecule has 29 heavy (non-hydrogen) atoms. The average Bonchev–Trinajstić information content (AvgIpc) is 2.73. The maximum absolute atomic E-state index is 12.3. The fraction of sp³-hybridized carbons (Fsp3) is 0.0455. The Balaban J connectivity index is 1.61. The highest BCUT2D eigenvalue weighted by Gasteiger charge is 2.07. The van der Waals surface area contributed by atoms with Crippen LogP contribution in [0.15, 0.2) is 72.9 Å². The molecule has 146 valence electrons. The zero-order valence-corrected chi connectivity index (χ0v) is 16.7. The van der Waals surface area contributed by atoms with Gasteiger partial charge in [0.2, 0.25) is 5.91 Å². The van der Waals surface area contributed by atoms with Gasteiger partial charge in [0.15, 0.2) is 0 Å². The number of hydrogen-bond acceptors (Lipinski definition) is 3. The summed E-state index contributed by atoms with van der Waals surface area (Å²) in [5.41, 5.74) is 2.33. The number of anilines is 1. The first-order chi connectivity index (χ1) is 14.0. The molecule has 0 saturated heterocycles. The molecule has 7 heteroatoms. The fourth-order valence-electron chi connectivity index (χ4n) is 2.51. The van der Waals surface area contributed by atoms with E-state index in [-0.39, 0.29) is 11.8 Å². The van der Waals surface area contributed by atoms with Crippen LogP contribution in [0, 0.1) is 0 Å². The second-order valence-electron chi connectivity index (χ2n) is 6.07. The lowest BCUT2D eigenvalue weighted by molar-refractivity contribution is -0.111. The summed E-state index contributed by atoms with van der Waals surface area (Å²) < 4.78 is 0. The van der Waals surface area contributed by atoms with E-state index < -0.39 is 0 Å². The zero-order valence-electron chi connectivity index (χ0n) is 15.2. The van der Waals surface area contributed by atoms with Crippen LogP contribution in [-0.4, -0.2) is 16.8 Å². The molecule has 0 spiro atoms. The first-order valence-corrected chi connectivity index (χ1v) is 9.49. The molecule has 0 bridgehead atoms. The number of aromatic nitrogens is 1. The van der Waals surface area contributed by atoms with Gasteiger partial charge in [0, 0.05) is 33.6 Å². The number of hydrogen-bond donors (Lipinski definition) is 2. The molecule has 1 aromatic heterocycles. The summed E-state index contributed by atoms with van der Waals surface area (Å²) in [6.07, 6.45) is 4.60. The molecule has 0 aliphatic heterocycles. The quantitative estimate of drug-likeness (QED) is 0.547. The first-order valence-electron chi connectivity index (χ1n) is 8.73. The van der Waals surface area contributed by atoms with Crippen molar-refractivity contribution >= 4 is 46.8 Å². The largest absolute Gasteiger partial charge is 0.346 e. The Bertz CT molecular complexity index is 1050. The summed E-state index contributed by atoms with van der Waals surface area (Å²) >= 11 is 12.0. The van der Waals surface area contributed by atoms with Crippen molar-refractivity contribution in [3.8, 4) is 0 Å². The maximum Gasteiger partial charge on any atom is 0.251 e. The number of nitrogens with zero attached hydrogens (tertiary/aromatic N) is 1. The molecule has 0 atom stereocenters. The van der Waals surface area contributed by atoms with Gasteiger partial charge in [-0.1, -0.05) is 35.3 Å². The molecule has 0 fully saturated rings. The third kappa shape index (κ3) is 6.17. The van der Waals surface area contributed by atoms with Crippen molar-refractivity contribution in [2.24, 2.45) is 0 Å². The van der Waals surface area contributed by atoms with Gasteiger partial charge in [-0.05, 0) is 60.2 Å². The van der Waals surface area contributed by atoms with Gasteiger partial charge in [-0.3, -0.25) is 14.6 Å². The van der Waals surface area contributed by atoms with Crippen molar-refractivity contribution in [1.82, 2.24) is 10.3 Å². The number of amides is 2. The zero-order chi connectivity index (χ0) is 20.6. The normalized spacial score (nSPS) is 10.7. The van der Waals surface area contributed by atoms with E-state index in [2.05, 4.69) is 15.6 Å². The Labute approximate surface area is 178 Å². The minimum Gasteiger partial charge on any atom is -0.346 e. The van der Waals surface area contributed by atoms with Gasteiger partial charge in [-0.2, -0.15) is 0 Å². The van der Waals surface area contributed by atoms with Crippen LogP contribution < -0.4 is 10.6 Å². The lowest BCUT2D eigenvalue weighted by Crippen LogP contribution is -2.23. The van der Waals surface area contributed by atoms with Crippen LogP contribution in [0.1, 0.15) is 21.6 Å². The van der Waals surface area contributed by atoms with E-state index in [1.807, 2.05) is 18.2 Å². The number of halogens is 2. The van der Waals surface area contributed by atoms with Crippen LogP contribution in [0.3, 0.4) is 0 Å². The SMILES string of the molecule is O=C(C=Cc1cc(Cl)ccc1Cl)Nc1cccc(C(=O)NCc2ccccn2)c1. The number of carbonyl (C=O) groups is 2. The molecule has 2 aromatic carbocycles. The highest BCUT2D eigenvalue weighted by Crippen LogP contribution is 2.21. The van der Waals surface area contributed by atoms with Crippen LogP contribution >= 0.6 is 23.2 Å². The number of pyridine rings is 1. The van der Waals surface area contributed by atoms with E-state index in [0.29, 0.717) is 33.4 Å². The Kier molecular flexibility index (Phi) is 7.00. The molecule has 2 amide bonds. The molecular weight excluding hydrogens is 409 g/mol. The minimum absolute atomic E-state index is 0.256. The molecule has 5 nitrogen and oxygen atoms in total. The van der Waals surface area contributed by atoms with Gasteiger partial charge in [0.25, 0.3) is 5.91 Å². The predicted molar refractivity (Wildman–Crippen MR) is 116 cm³/mol. The Morgan fingerprint density at radius 2 is 1.86 bits per heavy atom. The Morgan fingerprint density at radius 3 is 2.66 bits per heavy atom. The maximum atomic E-state index is 12.3. The molecule has 0 saturated carbocycles. The third-order valence-electron chi connectivity index (χ3n) is 3.92. The molecule has 2 N–H and O–H groups in total. The topological polar surface area (TPSA) is 71.1 Å². The molecule has 0 unspecified atom stereocenters. The van der Waals surface area contributed by atoms with Crippen LogP contribution in [0.5, 0.6) is 0 Å². The lowest BCUT2D eigenvalue weighted by atomic mass is 10.1. The van der Waals surface area contributed by atoms with Crippen molar-refractivity contribution in [2.75, 3.05) is 5.32 Å². The van der Waals surface area contributed by atoms with Crippen molar-refractivity contribution in [2.45, 2.75) is 6.54 Å². The Hall–Kier alpha value is -3.15. The Morgan fingerprint density at radius 1 is 1.00 bits per heavy atom. The molecule has 0 radical (unpaired) electrons. The second-order valence-corrected chi connectivity index (χ2v) is 6.92. The summed E-state index contributed by atoms with van der Waals surface area (Å²) in [5, 5.41) is 6.54. The average molecular weight is 426 g/mol. The standard InChI is InChI=1S/C22H17Cl2N3O2/c23-17-8-9-20(24)15(12-17)7-10-21(28)27-18-6-3-4-16(13-18)22(29)26-14-19-5-1-2-11-25-19/h1-13H,14H2,(H,26,29)(H,27,28). The van der Waals surface area contributed by atoms with Gasteiger partial charge in [-0.25, -0.2) is 0 Å². The molecule has 0 aliphatic rings. The van der Waals surface area contributed by atoms with E-state index in [4.69, 9.17) is 23.2 Å². The number of nitrogens with one attached hydrogen (secondary N) is 2. The van der Waals surface area contributed by atoms with E-state index in [1.54, 1.807) is 54.7 Å². The van der Waals surface area contributed by atoms with Crippen molar-refractivity contribution in [1.29, 1.82) is 0 Å². The van der Waals surface area contributed by atoms with Gasteiger partial charge in [-0.15, -0.1) is 0 Å². The predicted octanol–water partition coefficient (Wildman–Crippen LogP) is 4.97. The van der Waals surface area contributed by atoms with Gasteiger partial charge < -0.3 is 10.6 Å². The van der Waals surface area contributed by atoms with Crippen LogP contribution in [0.4, 0.5) is 5.69 Å². The van der Waals surface area contributed by atoms with Crippen LogP contribution in [0.2, 0.25) is 10.0 Å². The van der Waals surface area contributed by atoms with E-state index >= 15 is 0 Å². The third-order valence-corrected chi connectivity index (χ3v) is 4.50. The summed E-state index contributed by atoms with van der Waals surface area (Å²) in [5.74, 6) is -0.611. The van der Waals surface area contributed by atoms with Crippen LogP contribution in [0.25, 0.3) is 6.08 Å². The first kappa shape index (κ1) is 20.6. The summed E-state index contributed by atoms with van der Waals surface area (Å²) in [6, 6.07) is 17.2.